The Bertz CT molecular complexity index is 217. The molecule has 0 unspecified atom stereocenters. The Kier molecular flexibility index (Phi) is 2.77. The van der Waals surface area contributed by atoms with Crippen molar-refractivity contribution in [1.29, 1.82) is 0 Å². The van der Waals surface area contributed by atoms with Gasteiger partial charge in [0.05, 0.1) is 12.5 Å². The van der Waals surface area contributed by atoms with Crippen molar-refractivity contribution >= 4 is 5.97 Å². The Morgan fingerprint density at radius 1 is 1.43 bits per heavy atom. The van der Waals surface area contributed by atoms with Gasteiger partial charge in [-0.1, -0.05) is 12.8 Å². The van der Waals surface area contributed by atoms with Crippen LogP contribution in [0.4, 0.5) is 0 Å². The van der Waals surface area contributed by atoms with Crippen LogP contribution in [0.2, 0.25) is 0 Å². The number of hydrogen-bond donors (Lipinski definition) is 1. The molecule has 14 heavy (non-hydrogen) atoms. The van der Waals surface area contributed by atoms with Gasteiger partial charge in [0.25, 0.3) is 0 Å². The fraction of sp³-hybridized carbons (Fsp3) is 0.909. The molecule has 2 aliphatic rings. The van der Waals surface area contributed by atoms with Gasteiger partial charge in [-0.15, -0.1) is 0 Å². The van der Waals surface area contributed by atoms with Gasteiger partial charge in [-0.2, -0.15) is 0 Å². The van der Waals surface area contributed by atoms with Crippen LogP contribution in [0.1, 0.15) is 38.5 Å². The smallest absolute Gasteiger partial charge is 0.313 e. The third kappa shape index (κ3) is 1.92. The summed E-state index contributed by atoms with van der Waals surface area (Å²) in [6.45, 7) is 0.824. The monoisotopic (exact) mass is 197 g/mol. The lowest BCUT2D eigenvalue weighted by molar-refractivity contribution is -0.146. The molecular weight excluding hydrogens is 178 g/mol. The summed E-state index contributed by atoms with van der Waals surface area (Å²) in [7, 11) is 1.48. The second-order valence-corrected chi connectivity index (χ2v) is 4.63. The van der Waals surface area contributed by atoms with Crippen molar-refractivity contribution in [2.45, 2.75) is 44.6 Å². The van der Waals surface area contributed by atoms with E-state index in [1.165, 1.54) is 32.8 Å². The fourth-order valence-electron chi connectivity index (χ4n) is 2.29. The van der Waals surface area contributed by atoms with E-state index >= 15 is 0 Å². The van der Waals surface area contributed by atoms with Crippen LogP contribution in [-0.4, -0.2) is 25.7 Å². The maximum atomic E-state index is 11.4. The topological polar surface area (TPSA) is 38.3 Å². The molecule has 1 N–H and O–H groups in total. The molecule has 0 heterocycles. The van der Waals surface area contributed by atoms with E-state index in [9.17, 15) is 4.79 Å². The largest absolute Gasteiger partial charge is 0.469 e. The maximum absolute atomic E-state index is 11.4. The first-order chi connectivity index (χ1) is 6.77. The Morgan fingerprint density at radius 2 is 2.07 bits per heavy atom. The average Bonchev–Trinajstić information content (AvgIpc) is 2.83. The van der Waals surface area contributed by atoms with Crippen LogP contribution < -0.4 is 5.32 Å². The summed E-state index contributed by atoms with van der Waals surface area (Å²) in [4.78, 5) is 11.4. The Labute approximate surface area is 85.2 Å². The van der Waals surface area contributed by atoms with E-state index in [1.54, 1.807) is 0 Å². The van der Waals surface area contributed by atoms with Crippen molar-refractivity contribution in [1.82, 2.24) is 5.32 Å². The number of carbonyl (C=O) groups excluding carboxylic acids is 1. The summed E-state index contributed by atoms with van der Waals surface area (Å²) in [5.41, 5.74) is -0.155. The summed E-state index contributed by atoms with van der Waals surface area (Å²) in [5, 5.41) is 3.50. The molecule has 0 aromatic rings. The molecule has 80 valence electrons. The molecule has 0 radical (unpaired) electrons. The Hall–Kier alpha value is -0.570. The van der Waals surface area contributed by atoms with Crippen LogP contribution in [0.25, 0.3) is 0 Å². The summed E-state index contributed by atoms with van der Waals surface area (Å²) in [5.74, 6) is -0.0250. The summed E-state index contributed by atoms with van der Waals surface area (Å²) < 4.78 is 4.81. The van der Waals surface area contributed by atoms with E-state index in [4.69, 9.17) is 4.74 Å². The zero-order chi connectivity index (χ0) is 10.0. The molecule has 2 rings (SSSR count). The van der Waals surface area contributed by atoms with Crippen LogP contribution in [0.3, 0.4) is 0 Å². The summed E-state index contributed by atoms with van der Waals surface area (Å²) in [6, 6.07) is 0.650. The van der Waals surface area contributed by atoms with Crippen LogP contribution in [0, 0.1) is 5.41 Å². The quantitative estimate of drug-likeness (QED) is 0.694. The number of ether oxygens (including phenoxy) is 1. The maximum Gasteiger partial charge on any atom is 0.313 e. The highest BCUT2D eigenvalue weighted by molar-refractivity contribution is 5.80. The normalized spacial score (nSPS) is 24.9. The van der Waals surface area contributed by atoms with Gasteiger partial charge in [-0.25, -0.2) is 0 Å². The van der Waals surface area contributed by atoms with E-state index in [-0.39, 0.29) is 11.4 Å². The van der Waals surface area contributed by atoms with Gasteiger partial charge in [0, 0.05) is 12.6 Å². The predicted octanol–water partition coefficient (Wildman–Crippen LogP) is 1.47. The molecule has 3 heteroatoms. The minimum atomic E-state index is -0.155. The molecule has 2 aliphatic carbocycles. The van der Waals surface area contributed by atoms with Gasteiger partial charge in [-0.05, 0) is 25.7 Å². The highest BCUT2D eigenvalue weighted by Crippen LogP contribution is 2.46. The lowest BCUT2D eigenvalue weighted by atomic mass is 10.1. The van der Waals surface area contributed by atoms with Gasteiger partial charge in [0.1, 0.15) is 0 Å². The van der Waals surface area contributed by atoms with Gasteiger partial charge < -0.3 is 10.1 Å². The first-order valence-corrected chi connectivity index (χ1v) is 5.59. The molecule has 0 saturated heterocycles. The lowest BCUT2D eigenvalue weighted by Gasteiger charge is -2.17. The van der Waals surface area contributed by atoms with Crippen molar-refractivity contribution in [3.63, 3.8) is 0 Å². The molecule has 2 saturated carbocycles. The van der Waals surface area contributed by atoms with Crippen LogP contribution in [0.5, 0.6) is 0 Å². The van der Waals surface area contributed by atoms with Gasteiger partial charge in [-0.3, -0.25) is 4.79 Å². The van der Waals surface area contributed by atoms with Gasteiger partial charge in [0.2, 0.25) is 0 Å². The zero-order valence-electron chi connectivity index (χ0n) is 8.84. The molecule has 0 amide bonds. The summed E-state index contributed by atoms with van der Waals surface area (Å²) in [6.07, 6.45) is 7.22. The standard InChI is InChI=1S/C11H19NO2/c1-14-10(13)11(6-7-11)8-12-9-4-2-3-5-9/h9,12H,2-8H2,1H3. The molecule has 0 aromatic heterocycles. The minimum absolute atomic E-state index is 0.0250. The number of hydrogen-bond acceptors (Lipinski definition) is 3. The van der Waals surface area contributed by atoms with Gasteiger partial charge >= 0.3 is 5.97 Å². The van der Waals surface area contributed by atoms with E-state index in [0.29, 0.717) is 6.04 Å². The Morgan fingerprint density at radius 3 is 2.57 bits per heavy atom. The van der Waals surface area contributed by atoms with Crippen LogP contribution >= 0.6 is 0 Å². The number of methoxy groups -OCH3 is 1. The molecular formula is C11H19NO2. The SMILES string of the molecule is COC(=O)C1(CNC2CCCC2)CC1. The van der Waals surface area contributed by atoms with Crippen molar-refractivity contribution < 1.29 is 9.53 Å². The van der Waals surface area contributed by atoms with E-state index in [0.717, 1.165) is 19.4 Å². The highest BCUT2D eigenvalue weighted by Gasteiger charge is 2.50. The molecule has 2 fully saturated rings. The number of carbonyl (C=O) groups is 1. The number of esters is 1. The molecule has 0 spiro atoms. The average molecular weight is 197 g/mol. The first kappa shape index (κ1) is 9.97. The lowest BCUT2D eigenvalue weighted by Crippen LogP contribution is -2.36. The van der Waals surface area contributed by atoms with Crippen molar-refractivity contribution in [2.24, 2.45) is 5.41 Å². The first-order valence-electron chi connectivity index (χ1n) is 5.59. The summed E-state index contributed by atoms with van der Waals surface area (Å²) >= 11 is 0. The van der Waals surface area contributed by atoms with E-state index < -0.39 is 0 Å². The van der Waals surface area contributed by atoms with Crippen LogP contribution in [0.15, 0.2) is 0 Å². The van der Waals surface area contributed by atoms with Crippen LogP contribution in [-0.2, 0) is 9.53 Å². The van der Waals surface area contributed by atoms with Crippen molar-refractivity contribution in [3.05, 3.63) is 0 Å². The molecule has 0 aromatic carbocycles. The third-order valence-corrected chi connectivity index (χ3v) is 3.56. The second kappa shape index (κ2) is 3.89. The van der Waals surface area contributed by atoms with Gasteiger partial charge in [0.15, 0.2) is 0 Å². The predicted molar refractivity (Wildman–Crippen MR) is 53.9 cm³/mol. The third-order valence-electron chi connectivity index (χ3n) is 3.56. The second-order valence-electron chi connectivity index (χ2n) is 4.63. The zero-order valence-corrected chi connectivity index (χ0v) is 8.84. The molecule has 0 atom stereocenters. The number of rotatable bonds is 4. The van der Waals surface area contributed by atoms with E-state index in [1.807, 2.05) is 0 Å². The Balaban J connectivity index is 1.76. The molecule has 3 nitrogen and oxygen atoms in total. The van der Waals surface area contributed by atoms with Crippen molar-refractivity contribution in [2.75, 3.05) is 13.7 Å². The highest BCUT2D eigenvalue weighted by atomic mass is 16.5. The molecule has 0 bridgehead atoms. The minimum Gasteiger partial charge on any atom is -0.469 e. The fourth-order valence-corrected chi connectivity index (χ4v) is 2.29. The number of nitrogens with one attached hydrogen (secondary N) is 1. The van der Waals surface area contributed by atoms with E-state index in [2.05, 4.69) is 5.32 Å². The van der Waals surface area contributed by atoms with Crippen molar-refractivity contribution in [3.8, 4) is 0 Å². The molecule has 0 aliphatic heterocycles.